The average molecular weight is 232 g/mol. The van der Waals surface area contributed by atoms with Crippen LogP contribution in [0.3, 0.4) is 0 Å². The monoisotopic (exact) mass is 232 g/mol. The van der Waals surface area contributed by atoms with Crippen LogP contribution in [-0.4, -0.2) is 29.4 Å². The average Bonchev–Trinajstić information content (AvgIpc) is 2.95. The van der Waals surface area contributed by atoms with Gasteiger partial charge in [0.1, 0.15) is 5.57 Å². The van der Waals surface area contributed by atoms with Gasteiger partial charge in [-0.3, -0.25) is 4.79 Å². The SMILES string of the molecule is CSC(SC)=C(C(=O)O)C(=O)C1CC1. The maximum atomic E-state index is 11.6. The molecule has 0 aliphatic heterocycles. The molecule has 1 aliphatic rings. The lowest BCUT2D eigenvalue weighted by molar-refractivity contribution is -0.134. The molecular weight excluding hydrogens is 220 g/mol. The van der Waals surface area contributed by atoms with Crippen LogP contribution in [0.2, 0.25) is 0 Å². The van der Waals surface area contributed by atoms with E-state index < -0.39 is 5.97 Å². The Morgan fingerprint density at radius 2 is 1.71 bits per heavy atom. The molecule has 0 saturated heterocycles. The van der Waals surface area contributed by atoms with Gasteiger partial charge in [0.2, 0.25) is 0 Å². The summed E-state index contributed by atoms with van der Waals surface area (Å²) in [6, 6.07) is 0. The number of ketones is 1. The number of thioether (sulfide) groups is 2. The predicted molar refractivity (Wildman–Crippen MR) is 59.4 cm³/mol. The molecule has 0 aromatic rings. The smallest absolute Gasteiger partial charge is 0.341 e. The Balaban J connectivity index is 2.97. The van der Waals surface area contributed by atoms with Crippen LogP contribution in [-0.2, 0) is 9.59 Å². The van der Waals surface area contributed by atoms with E-state index in [0.29, 0.717) is 4.24 Å². The molecular formula is C9H12O3S2. The van der Waals surface area contributed by atoms with Gasteiger partial charge in [0, 0.05) is 5.92 Å². The van der Waals surface area contributed by atoms with Crippen molar-refractivity contribution in [3.8, 4) is 0 Å². The molecule has 3 nitrogen and oxygen atoms in total. The predicted octanol–water partition coefficient (Wildman–Crippen LogP) is 1.99. The zero-order valence-electron chi connectivity index (χ0n) is 8.07. The van der Waals surface area contributed by atoms with E-state index in [1.165, 1.54) is 23.5 Å². The fourth-order valence-electron chi connectivity index (χ4n) is 1.13. The molecule has 1 rings (SSSR count). The van der Waals surface area contributed by atoms with Crippen LogP contribution in [0.5, 0.6) is 0 Å². The first-order valence-electron chi connectivity index (χ1n) is 4.21. The maximum absolute atomic E-state index is 11.6. The molecule has 0 aromatic heterocycles. The molecule has 14 heavy (non-hydrogen) atoms. The van der Waals surface area contributed by atoms with Crippen molar-refractivity contribution in [1.82, 2.24) is 0 Å². The normalized spacial score (nSPS) is 15.0. The summed E-state index contributed by atoms with van der Waals surface area (Å²) in [6.07, 6.45) is 5.25. The van der Waals surface area contributed by atoms with Crippen molar-refractivity contribution in [2.75, 3.05) is 12.5 Å². The van der Waals surface area contributed by atoms with Gasteiger partial charge >= 0.3 is 5.97 Å². The van der Waals surface area contributed by atoms with Crippen LogP contribution in [0.15, 0.2) is 9.81 Å². The lowest BCUT2D eigenvalue weighted by Crippen LogP contribution is -2.15. The molecule has 5 heteroatoms. The van der Waals surface area contributed by atoms with E-state index in [9.17, 15) is 9.59 Å². The molecule has 0 radical (unpaired) electrons. The fourth-order valence-corrected chi connectivity index (χ4v) is 2.58. The van der Waals surface area contributed by atoms with Crippen LogP contribution < -0.4 is 0 Å². The highest BCUT2D eigenvalue weighted by Gasteiger charge is 2.36. The fraction of sp³-hybridized carbons (Fsp3) is 0.556. The molecule has 1 N–H and O–H groups in total. The second-order valence-corrected chi connectivity index (χ2v) is 4.91. The van der Waals surface area contributed by atoms with E-state index in [2.05, 4.69) is 0 Å². The first-order chi connectivity index (χ1) is 6.61. The van der Waals surface area contributed by atoms with Crippen LogP contribution in [0.25, 0.3) is 0 Å². The first-order valence-corrected chi connectivity index (χ1v) is 6.66. The number of rotatable bonds is 5. The molecule has 0 amide bonds. The van der Waals surface area contributed by atoms with Gasteiger partial charge in [0.15, 0.2) is 5.78 Å². The summed E-state index contributed by atoms with van der Waals surface area (Å²) in [7, 11) is 0. The number of hydrogen-bond acceptors (Lipinski definition) is 4. The van der Waals surface area contributed by atoms with Crippen molar-refractivity contribution in [2.45, 2.75) is 12.8 Å². The summed E-state index contributed by atoms with van der Waals surface area (Å²) >= 11 is 2.64. The summed E-state index contributed by atoms with van der Waals surface area (Å²) in [6.45, 7) is 0. The van der Waals surface area contributed by atoms with Gasteiger partial charge in [-0.1, -0.05) is 0 Å². The van der Waals surface area contributed by atoms with Crippen molar-refractivity contribution in [1.29, 1.82) is 0 Å². The van der Waals surface area contributed by atoms with Gasteiger partial charge in [0.05, 0.1) is 4.24 Å². The topological polar surface area (TPSA) is 54.4 Å². The maximum Gasteiger partial charge on any atom is 0.341 e. The van der Waals surface area contributed by atoms with E-state index in [-0.39, 0.29) is 17.3 Å². The summed E-state index contributed by atoms with van der Waals surface area (Å²) in [5.74, 6) is -1.33. The lowest BCUT2D eigenvalue weighted by atomic mass is 10.1. The Morgan fingerprint density at radius 3 is 2.00 bits per heavy atom. The Morgan fingerprint density at radius 1 is 1.21 bits per heavy atom. The Kier molecular flexibility index (Phi) is 4.07. The minimum Gasteiger partial charge on any atom is -0.478 e. The number of carboxylic acid groups (broad SMARTS) is 1. The molecule has 78 valence electrons. The highest BCUT2D eigenvalue weighted by atomic mass is 32.2. The molecule has 0 aromatic carbocycles. The van der Waals surface area contributed by atoms with Crippen molar-refractivity contribution >= 4 is 35.3 Å². The first kappa shape index (κ1) is 11.7. The largest absolute Gasteiger partial charge is 0.478 e. The van der Waals surface area contributed by atoms with Gasteiger partial charge in [0.25, 0.3) is 0 Å². The third-order valence-corrected chi connectivity index (χ3v) is 4.13. The van der Waals surface area contributed by atoms with E-state index in [1.54, 1.807) is 12.5 Å². The zero-order chi connectivity index (χ0) is 10.7. The molecule has 1 saturated carbocycles. The van der Waals surface area contributed by atoms with E-state index in [4.69, 9.17) is 5.11 Å². The second kappa shape index (κ2) is 4.89. The lowest BCUT2D eigenvalue weighted by Gasteiger charge is -2.05. The highest BCUT2D eigenvalue weighted by Crippen LogP contribution is 2.36. The van der Waals surface area contributed by atoms with Gasteiger partial charge in [-0.15, -0.1) is 23.5 Å². The van der Waals surface area contributed by atoms with Gasteiger partial charge in [-0.2, -0.15) is 0 Å². The molecule has 0 atom stereocenters. The number of aliphatic carboxylic acids is 1. The van der Waals surface area contributed by atoms with Gasteiger partial charge < -0.3 is 5.11 Å². The summed E-state index contributed by atoms with van der Waals surface area (Å²) in [4.78, 5) is 22.6. The number of Topliss-reactive ketones (excluding diaryl/α,β-unsaturated/α-hetero) is 1. The van der Waals surface area contributed by atoms with E-state index in [0.717, 1.165) is 12.8 Å². The molecule has 0 heterocycles. The summed E-state index contributed by atoms with van der Waals surface area (Å²) < 4.78 is 0.606. The summed E-state index contributed by atoms with van der Waals surface area (Å²) in [5, 5.41) is 8.95. The van der Waals surface area contributed by atoms with Crippen LogP contribution in [0.4, 0.5) is 0 Å². The minimum absolute atomic E-state index is 0.0208. The third kappa shape index (κ3) is 2.54. The number of carboxylic acids is 1. The summed E-state index contributed by atoms with van der Waals surface area (Å²) in [5.41, 5.74) is -0.0208. The van der Waals surface area contributed by atoms with Crippen LogP contribution in [0, 0.1) is 5.92 Å². The Bertz CT molecular complexity index is 286. The van der Waals surface area contributed by atoms with Crippen molar-refractivity contribution < 1.29 is 14.7 Å². The quantitative estimate of drug-likeness (QED) is 0.446. The molecule has 0 spiro atoms. The van der Waals surface area contributed by atoms with Gasteiger partial charge in [-0.25, -0.2) is 4.79 Å². The van der Waals surface area contributed by atoms with Gasteiger partial charge in [-0.05, 0) is 25.4 Å². The van der Waals surface area contributed by atoms with E-state index in [1.807, 2.05) is 0 Å². The minimum atomic E-state index is -1.10. The van der Waals surface area contributed by atoms with Crippen LogP contribution >= 0.6 is 23.5 Å². The third-order valence-electron chi connectivity index (χ3n) is 1.98. The molecule has 1 aliphatic carbocycles. The van der Waals surface area contributed by atoms with Crippen LogP contribution in [0.1, 0.15) is 12.8 Å². The molecule has 0 unspecified atom stereocenters. The van der Waals surface area contributed by atoms with Crippen molar-refractivity contribution in [3.63, 3.8) is 0 Å². The highest BCUT2D eigenvalue weighted by molar-refractivity contribution is 8.21. The zero-order valence-corrected chi connectivity index (χ0v) is 9.70. The standard InChI is InChI=1S/C9H12O3S2/c1-13-9(14-2)6(8(11)12)7(10)5-3-4-5/h5H,3-4H2,1-2H3,(H,11,12). The number of carbonyl (C=O) groups excluding carboxylic acids is 1. The number of hydrogen-bond donors (Lipinski definition) is 1. The Hall–Kier alpha value is -0.420. The Labute approximate surface area is 91.3 Å². The number of carbonyl (C=O) groups is 2. The second-order valence-electron chi connectivity index (χ2n) is 3.01. The van der Waals surface area contributed by atoms with Crippen molar-refractivity contribution in [3.05, 3.63) is 9.81 Å². The molecule has 1 fully saturated rings. The molecule has 0 bridgehead atoms. The van der Waals surface area contributed by atoms with E-state index >= 15 is 0 Å². The van der Waals surface area contributed by atoms with Crippen molar-refractivity contribution in [2.24, 2.45) is 5.92 Å².